The van der Waals surface area contributed by atoms with Gasteiger partial charge in [-0.15, -0.1) is 10.2 Å². The highest BCUT2D eigenvalue weighted by Gasteiger charge is 2.14. The number of sulfonamides is 1. The maximum Gasteiger partial charge on any atom is 0.240 e. The highest BCUT2D eigenvalue weighted by atomic mass is 35.5. The highest BCUT2D eigenvalue weighted by molar-refractivity contribution is 7.89. The Kier molecular flexibility index (Phi) is 5.23. The van der Waals surface area contributed by atoms with Crippen LogP contribution in [0.1, 0.15) is 6.42 Å². The molecule has 0 fully saturated rings. The Morgan fingerprint density at radius 3 is 2.62 bits per heavy atom. The Balaban J connectivity index is 1.84. The largest absolute Gasteiger partial charge is 0.300 e. The molecule has 0 spiro atoms. The fourth-order valence-corrected chi connectivity index (χ4v) is 3.02. The molecule has 2 N–H and O–H groups in total. The number of rotatable bonds is 6. The van der Waals surface area contributed by atoms with Gasteiger partial charge in [-0.2, -0.15) is 0 Å². The molecule has 7 nitrogen and oxygen atoms in total. The third-order valence-electron chi connectivity index (χ3n) is 2.37. The van der Waals surface area contributed by atoms with Crippen LogP contribution in [0.3, 0.4) is 0 Å². The predicted molar refractivity (Wildman–Crippen MR) is 79.8 cm³/mol. The molecule has 0 radical (unpaired) electrons. The van der Waals surface area contributed by atoms with E-state index in [0.717, 1.165) is 0 Å². The zero-order chi connectivity index (χ0) is 15.3. The molecule has 0 aliphatic rings. The normalized spacial score (nSPS) is 11.3. The summed E-state index contributed by atoms with van der Waals surface area (Å²) < 4.78 is 26.2. The molecule has 0 saturated heterocycles. The summed E-state index contributed by atoms with van der Waals surface area (Å²) in [5.74, 6) is -0.342. The molecule has 21 heavy (non-hydrogen) atoms. The molecule has 0 aliphatic heterocycles. The van der Waals surface area contributed by atoms with Gasteiger partial charge in [0.25, 0.3) is 0 Å². The summed E-state index contributed by atoms with van der Waals surface area (Å²) >= 11 is 6.88. The van der Waals surface area contributed by atoms with Gasteiger partial charge in [-0.1, -0.05) is 22.9 Å². The summed E-state index contributed by atoms with van der Waals surface area (Å²) in [5, 5.41) is 10.6. The van der Waals surface area contributed by atoms with E-state index < -0.39 is 10.0 Å². The first-order chi connectivity index (χ1) is 9.97. The summed E-state index contributed by atoms with van der Waals surface area (Å²) in [6, 6.07) is 5.76. The molecule has 1 aromatic heterocycles. The molecule has 0 atom stereocenters. The van der Waals surface area contributed by atoms with Gasteiger partial charge >= 0.3 is 0 Å². The van der Waals surface area contributed by atoms with Crippen molar-refractivity contribution in [2.75, 3.05) is 11.9 Å². The second-order valence-corrected chi connectivity index (χ2v) is 6.93. The number of hydrogen-bond acceptors (Lipinski definition) is 6. The SMILES string of the molecule is O=C(CCNS(=O)(=O)c1ccc(Cl)cc1)Nc1nncs1. The van der Waals surface area contributed by atoms with Gasteiger partial charge in [-0.3, -0.25) is 4.79 Å². The molecule has 2 aromatic rings. The first-order valence-electron chi connectivity index (χ1n) is 5.78. The third-order valence-corrected chi connectivity index (χ3v) is 4.71. The Morgan fingerprint density at radius 1 is 1.29 bits per heavy atom. The number of aromatic nitrogens is 2. The number of amides is 1. The average molecular weight is 347 g/mol. The second kappa shape index (κ2) is 6.94. The van der Waals surface area contributed by atoms with Gasteiger partial charge in [-0.25, -0.2) is 13.1 Å². The van der Waals surface area contributed by atoms with E-state index in [9.17, 15) is 13.2 Å². The minimum absolute atomic E-state index is 0.00754. The first-order valence-corrected chi connectivity index (χ1v) is 8.53. The molecular formula is C11H11ClN4O3S2. The minimum Gasteiger partial charge on any atom is -0.300 e. The van der Waals surface area contributed by atoms with Crippen LogP contribution < -0.4 is 10.0 Å². The van der Waals surface area contributed by atoms with E-state index in [4.69, 9.17) is 11.6 Å². The van der Waals surface area contributed by atoms with Gasteiger partial charge in [-0.05, 0) is 24.3 Å². The molecule has 0 aliphatic carbocycles. The monoisotopic (exact) mass is 346 g/mol. The molecule has 2 rings (SSSR count). The second-order valence-electron chi connectivity index (χ2n) is 3.89. The van der Waals surface area contributed by atoms with Crippen molar-refractivity contribution in [2.45, 2.75) is 11.3 Å². The summed E-state index contributed by atoms with van der Waals surface area (Å²) in [4.78, 5) is 11.6. The van der Waals surface area contributed by atoms with Crippen LogP contribution in [0.25, 0.3) is 0 Å². The van der Waals surface area contributed by atoms with Gasteiger partial charge in [0.2, 0.25) is 21.1 Å². The molecule has 1 aromatic carbocycles. The molecular weight excluding hydrogens is 336 g/mol. The summed E-state index contributed by atoms with van der Waals surface area (Å²) in [7, 11) is -3.65. The third kappa shape index (κ3) is 4.74. The average Bonchev–Trinajstić information content (AvgIpc) is 2.91. The van der Waals surface area contributed by atoms with Crippen molar-refractivity contribution >= 4 is 44.0 Å². The number of carbonyl (C=O) groups excluding carboxylic acids is 1. The number of anilines is 1. The smallest absolute Gasteiger partial charge is 0.240 e. The predicted octanol–water partition coefficient (Wildman–Crippen LogP) is 1.50. The van der Waals surface area contributed by atoms with Crippen molar-refractivity contribution in [3.05, 3.63) is 34.8 Å². The van der Waals surface area contributed by atoms with Crippen LogP contribution >= 0.6 is 22.9 Å². The van der Waals surface area contributed by atoms with Crippen LogP contribution in [-0.2, 0) is 14.8 Å². The lowest BCUT2D eigenvalue weighted by atomic mass is 10.4. The molecule has 10 heteroatoms. The topological polar surface area (TPSA) is 101 Å². The number of benzene rings is 1. The lowest BCUT2D eigenvalue weighted by Crippen LogP contribution is -2.27. The van der Waals surface area contributed by atoms with Crippen LogP contribution in [-0.4, -0.2) is 31.1 Å². The molecule has 0 unspecified atom stereocenters. The van der Waals surface area contributed by atoms with E-state index in [1.165, 1.54) is 41.1 Å². The summed E-state index contributed by atoms with van der Waals surface area (Å²) in [6.07, 6.45) is -0.00754. The standard InChI is InChI=1S/C11H11ClN4O3S2/c12-8-1-3-9(4-2-8)21(18,19)14-6-5-10(17)15-11-16-13-7-20-11/h1-4,7,14H,5-6H2,(H,15,16,17). The van der Waals surface area contributed by atoms with Crippen molar-refractivity contribution in [3.8, 4) is 0 Å². The fraction of sp³-hybridized carbons (Fsp3) is 0.182. The van der Waals surface area contributed by atoms with E-state index in [0.29, 0.717) is 10.2 Å². The maximum atomic E-state index is 11.9. The van der Waals surface area contributed by atoms with Gasteiger partial charge < -0.3 is 5.32 Å². The quantitative estimate of drug-likeness (QED) is 0.825. The van der Waals surface area contributed by atoms with Crippen LogP contribution in [0.4, 0.5) is 5.13 Å². The Labute approximate surface area is 130 Å². The maximum absolute atomic E-state index is 11.9. The molecule has 112 valence electrons. The van der Waals surface area contributed by atoms with Crippen LogP contribution in [0.2, 0.25) is 5.02 Å². The van der Waals surface area contributed by atoms with E-state index in [1.54, 1.807) is 0 Å². The van der Waals surface area contributed by atoms with Crippen molar-refractivity contribution in [1.29, 1.82) is 0 Å². The number of carbonyl (C=O) groups is 1. The highest BCUT2D eigenvalue weighted by Crippen LogP contribution is 2.13. The molecule has 1 heterocycles. The van der Waals surface area contributed by atoms with Gasteiger partial charge in [0, 0.05) is 18.0 Å². The van der Waals surface area contributed by atoms with Crippen LogP contribution in [0.5, 0.6) is 0 Å². The van der Waals surface area contributed by atoms with E-state index in [2.05, 4.69) is 20.2 Å². The number of halogens is 1. The minimum atomic E-state index is -3.65. The fourth-order valence-electron chi connectivity index (χ4n) is 1.41. The number of hydrogen-bond donors (Lipinski definition) is 2. The van der Waals surface area contributed by atoms with Gasteiger partial charge in [0.15, 0.2) is 0 Å². The molecule has 0 bridgehead atoms. The Bertz CT molecular complexity index is 702. The Morgan fingerprint density at radius 2 is 2.00 bits per heavy atom. The summed E-state index contributed by atoms with van der Waals surface area (Å²) in [5.41, 5.74) is 1.48. The molecule has 0 saturated carbocycles. The van der Waals surface area contributed by atoms with E-state index in [-0.39, 0.29) is 23.8 Å². The zero-order valence-corrected chi connectivity index (χ0v) is 13.0. The number of nitrogens with one attached hydrogen (secondary N) is 2. The van der Waals surface area contributed by atoms with Gasteiger partial charge in [0.05, 0.1) is 4.90 Å². The van der Waals surface area contributed by atoms with E-state index in [1.807, 2.05) is 0 Å². The van der Waals surface area contributed by atoms with E-state index >= 15 is 0 Å². The van der Waals surface area contributed by atoms with Crippen molar-refractivity contribution in [1.82, 2.24) is 14.9 Å². The lowest BCUT2D eigenvalue weighted by molar-refractivity contribution is -0.116. The number of nitrogens with zero attached hydrogens (tertiary/aromatic N) is 2. The van der Waals surface area contributed by atoms with Crippen molar-refractivity contribution < 1.29 is 13.2 Å². The van der Waals surface area contributed by atoms with Gasteiger partial charge in [0.1, 0.15) is 5.51 Å². The Hall–Kier alpha value is -1.55. The van der Waals surface area contributed by atoms with Crippen molar-refractivity contribution in [2.24, 2.45) is 0 Å². The first kappa shape index (κ1) is 15.8. The van der Waals surface area contributed by atoms with Crippen LogP contribution in [0.15, 0.2) is 34.7 Å². The van der Waals surface area contributed by atoms with Crippen molar-refractivity contribution in [3.63, 3.8) is 0 Å². The summed E-state index contributed by atoms with van der Waals surface area (Å²) in [6.45, 7) is -0.0183. The zero-order valence-electron chi connectivity index (χ0n) is 10.6. The lowest BCUT2D eigenvalue weighted by Gasteiger charge is -2.06. The molecule has 1 amide bonds. The van der Waals surface area contributed by atoms with Crippen LogP contribution in [0, 0.1) is 0 Å².